The molecule has 2 nitrogen and oxygen atoms in total. The normalized spacial score (nSPS) is 30.6. The van der Waals surface area contributed by atoms with Gasteiger partial charge in [0.1, 0.15) is 6.10 Å². The molecule has 4 rings (SSSR count). The third-order valence-electron chi connectivity index (χ3n) is 7.37. The van der Waals surface area contributed by atoms with Crippen molar-refractivity contribution >= 4 is 21.9 Å². The summed E-state index contributed by atoms with van der Waals surface area (Å²) in [5.41, 5.74) is 1.92. The quantitative estimate of drug-likeness (QED) is 0.368. The summed E-state index contributed by atoms with van der Waals surface area (Å²) in [5.74, 6) is 2.29. The van der Waals surface area contributed by atoms with Gasteiger partial charge in [0.25, 0.3) is 0 Å². The Morgan fingerprint density at radius 1 is 0.778 bits per heavy atom. The summed E-state index contributed by atoms with van der Waals surface area (Å²) < 4.78 is 6.97. The number of ether oxygens (including phenoxy) is 1. The van der Waals surface area contributed by atoms with Crippen molar-refractivity contribution in [3.05, 3.63) is 33.8 Å². The highest BCUT2D eigenvalue weighted by Gasteiger charge is 2.34. The molecule has 1 heterocycles. The number of cyclic esters (lactones) is 1. The Kier molecular flexibility index (Phi) is 6.58. The van der Waals surface area contributed by atoms with E-state index in [1.54, 1.807) is 0 Å². The zero-order valence-corrected chi connectivity index (χ0v) is 18.0. The maximum atomic E-state index is 12.5. The van der Waals surface area contributed by atoms with Crippen LogP contribution >= 0.6 is 15.9 Å². The minimum atomic E-state index is -0.116. The van der Waals surface area contributed by atoms with Crippen LogP contribution in [0.25, 0.3) is 0 Å². The van der Waals surface area contributed by atoms with Gasteiger partial charge in [-0.2, -0.15) is 0 Å². The van der Waals surface area contributed by atoms with E-state index in [0.29, 0.717) is 5.92 Å². The molecule has 1 aromatic carbocycles. The van der Waals surface area contributed by atoms with Crippen molar-refractivity contribution in [2.24, 2.45) is 17.8 Å². The number of esters is 1. The zero-order valence-electron chi connectivity index (χ0n) is 16.4. The summed E-state index contributed by atoms with van der Waals surface area (Å²) in [6, 6.07) is 5.94. The van der Waals surface area contributed by atoms with Crippen LogP contribution in [0.15, 0.2) is 22.7 Å². The van der Waals surface area contributed by atoms with Crippen molar-refractivity contribution in [2.45, 2.75) is 89.6 Å². The van der Waals surface area contributed by atoms with Gasteiger partial charge < -0.3 is 4.74 Å². The smallest absolute Gasteiger partial charge is 0.338 e. The monoisotopic (exact) mass is 432 g/mol. The topological polar surface area (TPSA) is 26.3 Å². The van der Waals surface area contributed by atoms with Gasteiger partial charge in [-0.15, -0.1) is 0 Å². The van der Waals surface area contributed by atoms with Crippen molar-refractivity contribution in [3.63, 3.8) is 0 Å². The fourth-order valence-corrected chi connectivity index (χ4v) is 6.22. The number of rotatable bonds is 2. The number of fused-ring (bicyclic) bond motifs is 1. The van der Waals surface area contributed by atoms with Gasteiger partial charge in [-0.05, 0) is 60.8 Å². The van der Waals surface area contributed by atoms with Crippen molar-refractivity contribution in [3.8, 4) is 0 Å². The van der Waals surface area contributed by atoms with Crippen LogP contribution in [0.1, 0.15) is 93.0 Å². The predicted octanol–water partition coefficient (Wildman–Crippen LogP) is 7.09. The molecule has 0 bridgehead atoms. The van der Waals surface area contributed by atoms with Crippen LogP contribution in [-0.2, 0) is 11.2 Å². The molecule has 27 heavy (non-hydrogen) atoms. The summed E-state index contributed by atoms with van der Waals surface area (Å²) in [6.45, 7) is 0. The number of hydrogen-bond donors (Lipinski definition) is 0. The van der Waals surface area contributed by atoms with Gasteiger partial charge >= 0.3 is 5.97 Å². The molecule has 3 atom stereocenters. The Morgan fingerprint density at radius 2 is 1.41 bits per heavy atom. The molecule has 2 saturated carbocycles. The number of benzene rings is 1. The maximum absolute atomic E-state index is 12.5. The second-order valence-corrected chi connectivity index (χ2v) is 10.00. The predicted molar refractivity (Wildman–Crippen MR) is 113 cm³/mol. The summed E-state index contributed by atoms with van der Waals surface area (Å²) in [4.78, 5) is 12.5. The fourth-order valence-electron chi connectivity index (χ4n) is 5.81. The highest BCUT2D eigenvalue weighted by atomic mass is 79.9. The van der Waals surface area contributed by atoms with Crippen LogP contribution in [0, 0.1) is 17.8 Å². The lowest BCUT2D eigenvalue weighted by Crippen LogP contribution is -2.34. The third-order valence-corrected chi connectivity index (χ3v) is 7.86. The minimum absolute atomic E-state index is 0.0791. The lowest BCUT2D eigenvalue weighted by molar-refractivity contribution is 0.00606. The first kappa shape index (κ1) is 19.5. The van der Waals surface area contributed by atoms with E-state index in [1.807, 2.05) is 12.1 Å². The average molecular weight is 433 g/mol. The van der Waals surface area contributed by atoms with Crippen LogP contribution in [0.5, 0.6) is 0 Å². The largest absolute Gasteiger partial charge is 0.458 e. The summed E-state index contributed by atoms with van der Waals surface area (Å²) in [5, 5.41) is 0. The van der Waals surface area contributed by atoms with Gasteiger partial charge in [0.05, 0.1) is 5.56 Å². The molecule has 1 aliphatic heterocycles. The minimum Gasteiger partial charge on any atom is -0.458 e. The second kappa shape index (κ2) is 9.11. The molecule has 3 unspecified atom stereocenters. The van der Waals surface area contributed by atoms with Gasteiger partial charge in [0, 0.05) is 10.9 Å². The van der Waals surface area contributed by atoms with Gasteiger partial charge in [-0.25, -0.2) is 4.79 Å². The van der Waals surface area contributed by atoms with E-state index >= 15 is 0 Å². The number of hydrogen-bond acceptors (Lipinski definition) is 2. The highest BCUT2D eigenvalue weighted by molar-refractivity contribution is 9.10. The van der Waals surface area contributed by atoms with E-state index < -0.39 is 0 Å². The molecule has 2 fully saturated rings. The molecule has 0 aromatic heterocycles. The molecule has 0 amide bonds. The van der Waals surface area contributed by atoms with E-state index in [4.69, 9.17) is 4.74 Å². The Morgan fingerprint density at radius 3 is 2.22 bits per heavy atom. The molecule has 0 radical (unpaired) electrons. The van der Waals surface area contributed by atoms with E-state index in [-0.39, 0.29) is 12.1 Å². The molecule has 1 aromatic rings. The summed E-state index contributed by atoms with van der Waals surface area (Å²) >= 11 is 3.55. The van der Waals surface area contributed by atoms with Gasteiger partial charge in [0.2, 0.25) is 0 Å². The Bertz CT molecular complexity index is 648. The van der Waals surface area contributed by atoms with E-state index in [1.165, 1.54) is 77.0 Å². The average Bonchev–Trinajstić information content (AvgIpc) is 2.87. The molecular weight excluding hydrogens is 400 g/mol. The Hall–Kier alpha value is -0.830. The molecule has 148 valence electrons. The second-order valence-electron chi connectivity index (χ2n) is 9.08. The van der Waals surface area contributed by atoms with Crippen molar-refractivity contribution < 1.29 is 9.53 Å². The van der Waals surface area contributed by atoms with Gasteiger partial charge in [-0.3, -0.25) is 0 Å². The van der Waals surface area contributed by atoms with Crippen LogP contribution in [-0.4, -0.2) is 12.1 Å². The first-order chi connectivity index (χ1) is 13.2. The van der Waals surface area contributed by atoms with Crippen LogP contribution < -0.4 is 0 Å². The van der Waals surface area contributed by atoms with E-state index in [9.17, 15) is 4.79 Å². The van der Waals surface area contributed by atoms with Crippen molar-refractivity contribution in [1.29, 1.82) is 0 Å². The highest BCUT2D eigenvalue weighted by Crippen LogP contribution is 2.40. The standard InChI is InChI=1S/C24H33BrO2/c25-21-13-14-22-20(15-21)16-23(27-24(22)26)19-10-6-9-18(11-12-19)17-7-4-2-1-3-5-8-17/h13-15,17-19,23H,1-12,16H2. The molecule has 3 aliphatic rings. The lowest BCUT2D eigenvalue weighted by atomic mass is 9.78. The maximum Gasteiger partial charge on any atom is 0.338 e. The number of carbonyl (C=O) groups excluding carboxylic acids is 1. The van der Waals surface area contributed by atoms with Crippen LogP contribution in [0.3, 0.4) is 0 Å². The van der Waals surface area contributed by atoms with E-state index in [0.717, 1.165) is 33.9 Å². The Balaban J connectivity index is 1.39. The first-order valence-corrected chi connectivity index (χ1v) is 12.0. The van der Waals surface area contributed by atoms with Crippen molar-refractivity contribution in [1.82, 2.24) is 0 Å². The molecule has 0 spiro atoms. The lowest BCUT2D eigenvalue weighted by Gasteiger charge is -2.31. The zero-order chi connectivity index (χ0) is 18.6. The summed E-state index contributed by atoms with van der Waals surface area (Å²) in [7, 11) is 0. The third kappa shape index (κ3) is 4.78. The summed E-state index contributed by atoms with van der Waals surface area (Å²) in [6.07, 6.45) is 17.6. The molecule has 3 heteroatoms. The van der Waals surface area contributed by atoms with E-state index in [2.05, 4.69) is 22.0 Å². The molecule has 0 saturated heterocycles. The van der Waals surface area contributed by atoms with Gasteiger partial charge in [-0.1, -0.05) is 73.7 Å². The number of halogens is 1. The molecular formula is C24H33BrO2. The molecule has 2 aliphatic carbocycles. The Labute approximate surface area is 172 Å². The fraction of sp³-hybridized carbons (Fsp3) is 0.708. The number of carbonyl (C=O) groups is 1. The molecule has 0 N–H and O–H groups in total. The van der Waals surface area contributed by atoms with Crippen molar-refractivity contribution in [2.75, 3.05) is 0 Å². The van der Waals surface area contributed by atoms with Gasteiger partial charge in [0.15, 0.2) is 0 Å². The SMILES string of the molecule is O=C1OC(C2CCCC(C3CCCCCCC3)CC2)Cc2cc(Br)ccc21. The van der Waals surface area contributed by atoms with Crippen LogP contribution in [0.4, 0.5) is 0 Å². The van der Waals surface area contributed by atoms with Crippen LogP contribution in [0.2, 0.25) is 0 Å². The first-order valence-electron chi connectivity index (χ1n) is 11.2.